The number of carbonyl (C=O) groups excluding carboxylic acids is 2. The molecule has 1 aliphatic heterocycles. The second kappa shape index (κ2) is 27.2. The van der Waals surface area contributed by atoms with E-state index in [1.165, 1.54) is 12.8 Å². The monoisotopic (exact) mass is 366 g/mol. The van der Waals surface area contributed by atoms with Crippen molar-refractivity contribution in [1.29, 1.82) is 0 Å². The van der Waals surface area contributed by atoms with Crippen LogP contribution in [0.4, 0.5) is 0 Å². The maximum atomic E-state index is 10.7. The molecule has 1 rings (SSSR count). The standard InChI is InChI=1S/C7H15NO.C4H7ClO.C4H8O.C3H9N/c1-3-5-7(9)8-6-4-2;1-2-3-4(5)6;1-2-4-5-3-1;1-2-3-4/h3-6H2,1-2H3,(H,8,9);2-3H2,1H3;1-4H2;2-4H2,1H3. The van der Waals surface area contributed by atoms with E-state index in [1.54, 1.807) is 0 Å². The minimum absolute atomic E-state index is 0.180. The van der Waals surface area contributed by atoms with Gasteiger partial charge in [0.2, 0.25) is 11.1 Å². The van der Waals surface area contributed by atoms with E-state index in [0.717, 1.165) is 52.0 Å². The molecule has 0 atom stereocenters. The van der Waals surface area contributed by atoms with Crippen molar-refractivity contribution in [3.05, 3.63) is 0 Å². The van der Waals surface area contributed by atoms with E-state index in [9.17, 15) is 9.59 Å². The maximum absolute atomic E-state index is 10.7. The van der Waals surface area contributed by atoms with Crippen LogP contribution in [0, 0.1) is 0 Å². The van der Waals surface area contributed by atoms with Crippen LogP contribution < -0.4 is 11.1 Å². The Morgan fingerprint density at radius 1 is 0.958 bits per heavy atom. The Balaban J connectivity index is -0.000000257. The number of nitrogens with one attached hydrogen (secondary N) is 1. The number of halogens is 1. The van der Waals surface area contributed by atoms with Crippen molar-refractivity contribution in [2.45, 2.75) is 79.1 Å². The van der Waals surface area contributed by atoms with E-state index in [0.29, 0.717) is 12.8 Å². The summed E-state index contributed by atoms with van der Waals surface area (Å²) in [7, 11) is 0. The van der Waals surface area contributed by atoms with Crippen LogP contribution in [0.15, 0.2) is 0 Å². The van der Waals surface area contributed by atoms with Gasteiger partial charge in [0, 0.05) is 32.6 Å². The van der Waals surface area contributed by atoms with Gasteiger partial charge in [-0.1, -0.05) is 27.7 Å². The van der Waals surface area contributed by atoms with Gasteiger partial charge in [-0.15, -0.1) is 0 Å². The molecule has 146 valence electrons. The zero-order valence-electron chi connectivity index (χ0n) is 16.2. The molecular weight excluding hydrogens is 328 g/mol. The predicted octanol–water partition coefficient (Wildman–Crippen LogP) is 4.02. The van der Waals surface area contributed by atoms with Crippen molar-refractivity contribution < 1.29 is 14.3 Å². The fourth-order valence-electron chi connectivity index (χ4n) is 1.29. The molecule has 0 unspecified atom stereocenters. The van der Waals surface area contributed by atoms with E-state index in [4.69, 9.17) is 22.1 Å². The Morgan fingerprint density at radius 3 is 1.67 bits per heavy atom. The van der Waals surface area contributed by atoms with Crippen molar-refractivity contribution in [2.75, 3.05) is 26.3 Å². The zero-order chi connectivity index (χ0) is 19.1. The molecule has 6 heteroatoms. The maximum Gasteiger partial charge on any atom is 0.221 e. The smallest absolute Gasteiger partial charge is 0.221 e. The lowest BCUT2D eigenvalue weighted by Crippen LogP contribution is -2.23. The van der Waals surface area contributed by atoms with Gasteiger partial charge in [-0.25, -0.2) is 0 Å². The van der Waals surface area contributed by atoms with E-state index < -0.39 is 0 Å². The molecule has 0 saturated carbocycles. The van der Waals surface area contributed by atoms with Gasteiger partial charge in [0.25, 0.3) is 0 Å². The number of carbonyl (C=O) groups is 2. The summed E-state index contributed by atoms with van der Waals surface area (Å²) in [5.74, 6) is 0.180. The SMILES string of the molecule is C1CCOC1.CCCC(=O)Cl.CCCN.CCCNC(=O)CCC. The minimum atomic E-state index is -0.238. The van der Waals surface area contributed by atoms with Crippen LogP contribution in [0.3, 0.4) is 0 Å². The first kappa shape index (κ1) is 28.2. The Hall–Kier alpha value is -0.650. The highest BCUT2D eigenvalue weighted by Crippen LogP contribution is 1.98. The summed E-state index contributed by atoms with van der Waals surface area (Å²) in [6, 6.07) is 0. The van der Waals surface area contributed by atoms with Crippen molar-refractivity contribution in [3.8, 4) is 0 Å². The summed E-state index contributed by atoms with van der Waals surface area (Å²) in [5.41, 5.74) is 5.03. The average Bonchev–Trinajstić information content (AvgIpc) is 3.13. The van der Waals surface area contributed by atoms with Crippen LogP contribution in [-0.4, -0.2) is 37.5 Å². The third kappa shape index (κ3) is 37.5. The van der Waals surface area contributed by atoms with Crippen LogP contribution in [0.2, 0.25) is 0 Å². The van der Waals surface area contributed by atoms with Crippen LogP contribution in [0.25, 0.3) is 0 Å². The highest BCUT2D eigenvalue weighted by molar-refractivity contribution is 6.63. The fraction of sp³-hybridized carbons (Fsp3) is 0.889. The van der Waals surface area contributed by atoms with Gasteiger partial charge < -0.3 is 15.8 Å². The molecule has 1 fully saturated rings. The van der Waals surface area contributed by atoms with Crippen molar-refractivity contribution >= 4 is 22.8 Å². The molecule has 0 radical (unpaired) electrons. The van der Waals surface area contributed by atoms with Gasteiger partial charge in [-0.3, -0.25) is 9.59 Å². The number of nitrogens with two attached hydrogens (primary N) is 1. The van der Waals surface area contributed by atoms with Crippen molar-refractivity contribution in [1.82, 2.24) is 5.32 Å². The van der Waals surface area contributed by atoms with Crippen molar-refractivity contribution in [3.63, 3.8) is 0 Å². The Kier molecular flexibility index (Phi) is 31.9. The molecule has 0 aromatic heterocycles. The predicted molar refractivity (Wildman–Crippen MR) is 103 cm³/mol. The van der Waals surface area contributed by atoms with E-state index in [2.05, 4.69) is 12.2 Å². The zero-order valence-corrected chi connectivity index (χ0v) is 16.9. The third-order valence-electron chi connectivity index (χ3n) is 2.61. The largest absolute Gasteiger partial charge is 0.381 e. The van der Waals surface area contributed by atoms with Crippen LogP contribution in [-0.2, 0) is 14.3 Å². The van der Waals surface area contributed by atoms with Gasteiger partial charge in [0.15, 0.2) is 0 Å². The van der Waals surface area contributed by atoms with E-state index in [1.807, 2.05) is 20.8 Å². The molecule has 1 heterocycles. The highest BCUT2D eigenvalue weighted by Gasteiger charge is 1.95. The first-order valence-electron chi connectivity index (χ1n) is 9.22. The number of rotatable bonds is 7. The second-order valence-corrected chi connectivity index (χ2v) is 5.73. The summed E-state index contributed by atoms with van der Waals surface area (Å²) < 4.78 is 4.94. The molecule has 1 amide bonds. The first-order chi connectivity index (χ1) is 11.5. The number of ether oxygens (including phenoxy) is 1. The Morgan fingerprint density at radius 2 is 1.46 bits per heavy atom. The van der Waals surface area contributed by atoms with Gasteiger partial charge in [-0.2, -0.15) is 0 Å². The summed E-state index contributed by atoms with van der Waals surface area (Å²) >= 11 is 4.94. The van der Waals surface area contributed by atoms with Crippen LogP contribution in [0.1, 0.15) is 79.1 Å². The van der Waals surface area contributed by atoms with Crippen LogP contribution >= 0.6 is 11.6 Å². The highest BCUT2D eigenvalue weighted by atomic mass is 35.5. The summed E-state index contributed by atoms with van der Waals surface area (Å²) in [6.07, 6.45) is 7.63. The minimum Gasteiger partial charge on any atom is -0.381 e. The Labute approximate surface area is 154 Å². The number of hydrogen-bond acceptors (Lipinski definition) is 4. The van der Waals surface area contributed by atoms with E-state index in [-0.39, 0.29) is 11.1 Å². The molecule has 1 aliphatic rings. The summed E-state index contributed by atoms with van der Waals surface area (Å²) in [5, 5.41) is 2.56. The molecule has 0 spiro atoms. The topological polar surface area (TPSA) is 81.4 Å². The van der Waals surface area contributed by atoms with Crippen molar-refractivity contribution in [2.24, 2.45) is 5.73 Å². The molecule has 5 nitrogen and oxygen atoms in total. The summed E-state index contributed by atoms with van der Waals surface area (Å²) in [6.45, 7) is 11.7. The van der Waals surface area contributed by atoms with Gasteiger partial charge in [0.05, 0.1) is 0 Å². The lowest BCUT2D eigenvalue weighted by molar-refractivity contribution is -0.121. The molecule has 0 aromatic rings. The molecular formula is C18H39ClN2O3. The van der Waals surface area contributed by atoms with Gasteiger partial charge in [-0.05, 0) is 56.7 Å². The molecule has 0 bridgehead atoms. The molecule has 0 aromatic carbocycles. The molecule has 24 heavy (non-hydrogen) atoms. The molecule has 3 N–H and O–H groups in total. The third-order valence-corrected chi connectivity index (χ3v) is 2.80. The normalized spacial score (nSPS) is 11.8. The first-order valence-corrected chi connectivity index (χ1v) is 9.60. The molecule has 1 saturated heterocycles. The van der Waals surface area contributed by atoms with E-state index >= 15 is 0 Å². The number of hydrogen-bond donors (Lipinski definition) is 2. The van der Waals surface area contributed by atoms with Gasteiger partial charge >= 0.3 is 0 Å². The second-order valence-electron chi connectivity index (χ2n) is 5.31. The average molecular weight is 367 g/mol. The molecule has 0 aliphatic carbocycles. The van der Waals surface area contributed by atoms with Crippen LogP contribution in [0.5, 0.6) is 0 Å². The Bertz CT molecular complexity index is 251. The lowest BCUT2D eigenvalue weighted by atomic mass is 10.3. The lowest BCUT2D eigenvalue weighted by Gasteiger charge is -1.99. The quantitative estimate of drug-likeness (QED) is 0.667. The number of amides is 1. The fourth-order valence-corrected chi connectivity index (χ4v) is 1.48. The summed E-state index contributed by atoms with van der Waals surface area (Å²) in [4.78, 5) is 20.5. The van der Waals surface area contributed by atoms with Gasteiger partial charge in [0.1, 0.15) is 0 Å².